The van der Waals surface area contributed by atoms with Crippen molar-refractivity contribution in [1.29, 1.82) is 0 Å². The maximum Gasteiger partial charge on any atom is 0.225 e. The molecule has 0 aromatic carbocycles. The number of nitrogens with zero attached hydrogens (tertiary/aromatic N) is 2. The zero-order valence-electron chi connectivity index (χ0n) is 10.9. The van der Waals surface area contributed by atoms with E-state index in [4.69, 9.17) is 0 Å². The van der Waals surface area contributed by atoms with E-state index in [1.54, 1.807) is 0 Å². The summed E-state index contributed by atoms with van der Waals surface area (Å²) in [5, 5.41) is 0. The molecular weight excluding hydrogens is 200 g/mol. The molecule has 2 heterocycles. The lowest BCUT2D eigenvalue weighted by Crippen LogP contribution is -2.62. The summed E-state index contributed by atoms with van der Waals surface area (Å²) in [7, 11) is 0. The minimum atomic E-state index is 0.162. The van der Waals surface area contributed by atoms with E-state index in [1.165, 1.54) is 13.1 Å². The highest BCUT2D eigenvalue weighted by atomic mass is 16.2. The van der Waals surface area contributed by atoms with Gasteiger partial charge in [-0.3, -0.25) is 4.79 Å². The lowest BCUT2D eigenvalue weighted by molar-refractivity contribution is -0.144. The standard InChI is InChI=1S/C13H24N2O/c1-9(2)13(16)15-7-12(8-15)11-5-14(6-11)10(3)4/h9-12H,5-8H2,1-4H3. The van der Waals surface area contributed by atoms with E-state index in [1.807, 2.05) is 18.7 Å². The highest BCUT2D eigenvalue weighted by Gasteiger charge is 2.42. The van der Waals surface area contributed by atoms with Crippen molar-refractivity contribution < 1.29 is 4.79 Å². The highest BCUT2D eigenvalue weighted by molar-refractivity contribution is 5.78. The average molecular weight is 224 g/mol. The van der Waals surface area contributed by atoms with Crippen LogP contribution < -0.4 is 0 Å². The van der Waals surface area contributed by atoms with Crippen LogP contribution in [-0.4, -0.2) is 47.9 Å². The number of hydrogen-bond donors (Lipinski definition) is 0. The Bertz CT molecular complexity index is 263. The van der Waals surface area contributed by atoms with Crippen LogP contribution in [0.3, 0.4) is 0 Å². The summed E-state index contributed by atoms with van der Waals surface area (Å²) in [5.41, 5.74) is 0. The summed E-state index contributed by atoms with van der Waals surface area (Å²) in [6.07, 6.45) is 0. The maximum absolute atomic E-state index is 11.7. The van der Waals surface area contributed by atoms with Gasteiger partial charge in [0, 0.05) is 38.1 Å². The predicted molar refractivity (Wildman–Crippen MR) is 65.1 cm³/mol. The van der Waals surface area contributed by atoms with Crippen LogP contribution in [0.2, 0.25) is 0 Å². The van der Waals surface area contributed by atoms with E-state index in [0.717, 1.165) is 24.9 Å². The second-order valence-corrected chi connectivity index (χ2v) is 5.97. The molecule has 0 spiro atoms. The SMILES string of the molecule is CC(C)C(=O)N1CC(C2CN(C(C)C)C2)C1. The van der Waals surface area contributed by atoms with Gasteiger partial charge in [0.25, 0.3) is 0 Å². The number of likely N-dealkylation sites (tertiary alicyclic amines) is 2. The molecule has 0 unspecified atom stereocenters. The number of carbonyl (C=O) groups excluding carboxylic acids is 1. The maximum atomic E-state index is 11.7. The minimum absolute atomic E-state index is 0.162. The van der Waals surface area contributed by atoms with E-state index in [2.05, 4.69) is 18.7 Å². The molecule has 0 bridgehead atoms. The summed E-state index contributed by atoms with van der Waals surface area (Å²) in [5.74, 6) is 2.11. The molecule has 16 heavy (non-hydrogen) atoms. The first kappa shape index (κ1) is 11.9. The summed E-state index contributed by atoms with van der Waals surface area (Å²) >= 11 is 0. The summed E-state index contributed by atoms with van der Waals surface area (Å²) < 4.78 is 0. The Kier molecular flexibility index (Phi) is 3.24. The predicted octanol–water partition coefficient (Wildman–Crippen LogP) is 1.44. The molecule has 2 rings (SSSR count). The van der Waals surface area contributed by atoms with Crippen LogP contribution in [0.25, 0.3) is 0 Å². The van der Waals surface area contributed by atoms with E-state index >= 15 is 0 Å². The molecule has 92 valence electrons. The fourth-order valence-corrected chi connectivity index (χ4v) is 2.62. The van der Waals surface area contributed by atoms with Gasteiger partial charge in [0.15, 0.2) is 0 Å². The van der Waals surface area contributed by atoms with Crippen LogP contribution in [0, 0.1) is 17.8 Å². The van der Waals surface area contributed by atoms with Gasteiger partial charge in [-0.05, 0) is 25.7 Å². The summed E-state index contributed by atoms with van der Waals surface area (Å²) in [6.45, 7) is 13.0. The number of hydrogen-bond acceptors (Lipinski definition) is 2. The van der Waals surface area contributed by atoms with Gasteiger partial charge in [0.2, 0.25) is 5.91 Å². The fourth-order valence-electron chi connectivity index (χ4n) is 2.62. The first-order chi connectivity index (χ1) is 7.49. The molecule has 0 atom stereocenters. The molecule has 2 fully saturated rings. The quantitative estimate of drug-likeness (QED) is 0.724. The zero-order chi connectivity index (χ0) is 11.9. The summed E-state index contributed by atoms with van der Waals surface area (Å²) in [4.78, 5) is 16.2. The van der Waals surface area contributed by atoms with Crippen molar-refractivity contribution in [1.82, 2.24) is 9.80 Å². The van der Waals surface area contributed by atoms with Crippen LogP contribution in [0.15, 0.2) is 0 Å². The lowest BCUT2D eigenvalue weighted by Gasteiger charge is -2.52. The second-order valence-electron chi connectivity index (χ2n) is 5.97. The molecule has 2 aliphatic rings. The number of amides is 1. The van der Waals surface area contributed by atoms with Crippen LogP contribution in [0.1, 0.15) is 27.7 Å². The van der Waals surface area contributed by atoms with Gasteiger partial charge < -0.3 is 9.80 Å². The van der Waals surface area contributed by atoms with Gasteiger partial charge in [-0.25, -0.2) is 0 Å². The molecule has 0 N–H and O–H groups in total. The first-order valence-electron chi connectivity index (χ1n) is 6.52. The number of rotatable bonds is 3. The van der Waals surface area contributed by atoms with Gasteiger partial charge in [0.05, 0.1) is 0 Å². The Morgan fingerprint density at radius 3 is 1.94 bits per heavy atom. The van der Waals surface area contributed by atoms with E-state index in [9.17, 15) is 4.79 Å². The van der Waals surface area contributed by atoms with Crippen molar-refractivity contribution in [2.24, 2.45) is 17.8 Å². The van der Waals surface area contributed by atoms with E-state index in [-0.39, 0.29) is 5.92 Å². The third kappa shape index (κ3) is 2.10. The topological polar surface area (TPSA) is 23.6 Å². The molecular formula is C13H24N2O. The largest absolute Gasteiger partial charge is 0.342 e. The highest BCUT2D eigenvalue weighted by Crippen LogP contribution is 2.32. The Hall–Kier alpha value is -0.570. The van der Waals surface area contributed by atoms with Crippen molar-refractivity contribution in [3.8, 4) is 0 Å². The fraction of sp³-hybridized carbons (Fsp3) is 0.923. The molecule has 0 aromatic heterocycles. The van der Waals surface area contributed by atoms with Crippen LogP contribution in [0.4, 0.5) is 0 Å². The molecule has 3 nitrogen and oxygen atoms in total. The van der Waals surface area contributed by atoms with Crippen molar-refractivity contribution >= 4 is 5.91 Å². The molecule has 0 radical (unpaired) electrons. The molecule has 0 aliphatic carbocycles. The van der Waals surface area contributed by atoms with Gasteiger partial charge >= 0.3 is 0 Å². The van der Waals surface area contributed by atoms with Crippen LogP contribution in [-0.2, 0) is 4.79 Å². The Morgan fingerprint density at radius 1 is 1.00 bits per heavy atom. The van der Waals surface area contributed by atoms with Crippen molar-refractivity contribution in [3.63, 3.8) is 0 Å². The van der Waals surface area contributed by atoms with Gasteiger partial charge in [0.1, 0.15) is 0 Å². The molecule has 0 aromatic rings. The molecule has 2 saturated heterocycles. The Morgan fingerprint density at radius 2 is 1.50 bits per heavy atom. The summed E-state index contributed by atoms with van der Waals surface area (Å²) in [6, 6.07) is 0.685. The van der Waals surface area contributed by atoms with Crippen molar-refractivity contribution in [2.45, 2.75) is 33.7 Å². The number of carbonyl (C=O) groups is 1. The molecule has 2 aliphatic heterocycles. The lowest BCUT2D eigenvalue weighted by atomic mass is 9.79. The van der Waals surface area contributed by atoms with Gasteiger partial charge in [-0.15, -0.1) is 0 Å². The minimum Gasteiger partial charge on any atom is -0.342 e. The van der Waals surface area contributed by atoms with Crippen molar-refractivity contribution in [2.75, 3.05) is 26.2 Å². The first-order valence-corrected chi connectivity index (χ1v) is 6.52. The smallest absolute Gasteiger partial charge is 0.225 e. The Balaban J connectivity index is 1.69. The van der Waals surface area contributed by atoms with Crippen LogP contribution >= 0.6 is 0 Å². The van der Waals surface area contributed by atoms with E-state index in [0.29, 0.717) is 11.9 Å². The molecule has 0 saturated carbocycles. The molecule has 1 amide bonds. The van der Waals surface area contributed by atoms with Gasteiger partial charge in [-0.2, -0.15) is 0 Å². The van der Waals surface area contributed by atoms with Crippen molar-refractivity contribution in [3.05, 3.63) is 0 Å². The van der Waals surface area contributed by atoms with E-state index < -0.39 is 0 Å². The molecule has 3 heteroatoms. The average Bonchev–Trinajstić information content (AvgIpc) is 2.04. The second kappa shape index (κ2) is 4.36. The monoisotopic (exact) mass is 224 g/mol. The van der Waals surface area contributed by atoms with Crippen LogP contribution in [0.5, 0.6) is 0 Å². The van der Waals surface area contributed by atoms with Gasteiger partial charge in [-0.1, -0.05) is 13.8 Å². The Labute approximate surface area is 98.8 Å². The third-order valence-corrected chi connectivity index (χ3v) is 4.05. The third-order valence-electron chi connectivity index (χ3n) is 4.05. The normalized spacial score (nSPS) is 23.8. The zero-order valence-corrected chi connectivity index (χ0v) is 10.9.